The highest BCUT2D eigenvalue weighted by atomic mass is 32.1. The van der Waals surface area contributed by atoms with E-state index in [1.54, 1.807) is 0 Å². The molecule has 2 atom stereocenters. The lowest BCUT2D eigenvalue weighted by Gasteiger charge is -2.24. The van der Waals surface area contributed by atoms with Crippen LogP contribution >= 0.6 is 12.6 Å². The Labute approximate surface area is 224 Å². The van der Waals surface area contributed by atoms with Gasteiger partial charge >= 0.3 is 17.9 Å². The third-order valence-corrected chi connectivity index (χ3v) is 5.55. The third-order valence-electron chi connectivity index (χ3n) is 5.16. The first-order valence-electron chi connectivity index (χ1n) is 11.2. The number of thiol groups is 1. The Morgan fingerprint density at radius 2 is 1.85 bits per heavy atom. The number of aliphatic carboxylic acids is 2. The molecule has 0 radical (unpaired) electrons. The van der Waals surface area contributed by atoms with Gasteiger partial charge in [-0.15, -0.1) is 0 Å². The highest BCUT2D eigenvalue weighted by Crippen LogP contribution is 2.19. The first-order valence-corrected chi connectivity index (χ1v) is 11.8. The van der Waals surface area contributed by atoms with Gasteiger partial charge in [-0.05, 0) is 30.7 Å². The van der Waals surface area contributed by atoms with E-state index >= 15 is 0 Å². The molecule has 3 aromatic rings. The number of carbonyl (C=O) groups excluding carboxylic acids is 2. The molecule has 8 N–H and O–H groups in total. The molecule has 0 aliphatic rings. The van der Waals surface area contributed by atoms with Crippen molar-refractivity contribution in [1.29, 1.82) is 0 Å². The van der Waals surface area contributed by atoms with Crippen molar-refractivity contribution in [2.45, 2.75) is 31.5 Å². The molecule has 0 fully saturated rings. The van der Waals surface area contributed by atoms with E-state index in [9.17, 15) is 29.1 Å². The predicted octanol–water partition coefficient (Wildman–Crippen LogP) is -0.935. The number of rotatable bonds is 12. The number of aromatic nitrogens is 4. The zero-order valence-electron chi connectivity index (χ0n) is 20.1. The van der Waals surface area contributed by atoms with Gasteiger partial charge in [0.2, 0.25) is 5.95 Å². The average molecular weight is 561 g/mol. The minimum Gasteiger partial charge on any atom is -0.481 e. The number of hydrogen-bond acceptors (Lipinski definition) is 13. The number of amides is 1. The Bertz CT molecular complexity index is 1450. The number of benzene rings is 1. The molecule has 1 aromatic carbocycles. The summed E-state index contributed by atoms with van der Waals surface area (Å²) in [4.78, 5) is 79.2. The number of H-pyrrole nitrogens is 1. The van der Waals surface area contributed by atoms with Crippen LogP contribution in [0.2, 0.25) is 0 Å². The predicted molar refractivity (Wildman–Crippen MR) is 139 cm³/mol. The largest absolute Gasteiger partial charge is 0.481 e. The number of hydrogen-bond donors (Lipinski definition) is 7. The molecule has 17 heteroatoms. The molecular weight excluding hydrogens is 536 g/mol. The fraction of sp³-hybridized carbons (Fsp3) is 0.273. The summed E-state index contributed by atoms with van der Waals surface area (Å²) >= 11 is 3.99. The summed E-state index contributed by atoms with van der Waals surface area (Å²) in [7, 11) is 0. The Balaban J connectivity index is 1.85. The number of nitrogens with one attached hydrogen (secondary N) is 2. The molecule has 0 aliphatic carbocycles. The normalized spacial score (nSPS) is 12.4. The van der Waals surface area contributed by atoms with Crippen molar-refractivity contribution >= 4 is 59.2 Å². The first kappa shape index (κ1) is 28.8. The van der Waals surface area contributed by atoms with Crippen LogP contribution in [0, 0.1) is 0 Å². The van der Waals surface area contributed by atoms with Crippen LogP contribution in [0.3, 0.4) is 0 Å². The molecule has 0 unspecified atom stereocenters. The van der Waals surface area contributed by atoms with Gasteiger partial charge in [0.25, 0.3) is 11.5 Å². The molecule has 2 aromatic heterocycles. The molecule has 0 bridgehead atoms. The number of nitrogen functional groups attached to an aromatic ring is 1. The second kappa shape index (κ2) is 12.7. The Kier molecular flexibility index (Phi) is 9.34. The Morgan fingerprint density at radius 1 is 1.15 bits per heavy atom. The van der Waals surface area contributed by atoms with E-state index in [1.807, 2.05) is 0 Å². The molecule has 0 spiro atoms. The van der Waals surface area contributed by atoms with Gasteiger partial charge in [-0.25, -0.2) is 24.6 Å². The molecule has 2 heterocycles. The van der Waals surface area contributed by atoms with Gasteiger partial charge in [-0.2, -0.15) is 17.6 Å². The van der Waals surface area contributed by atoms with Crippen LogP contribution in [0.1, 0.15) is 28.9 Å². The van der Waals surface area contributed by atoms with Gasteiger partial charge < -0.3 is 31.8 Å². The standard InChI is InChI=1S/C22H24N8O8S/c23-13(9-39)21(37)38-30(8-11-7-25-17-16(26-11)19(34)29-22(24)28-17)12-3-1-10(2-4-12)18(33)27-14(20(35)36)5-6-15(31)32/h1-4,7,13-14,39H,5-6,8-9,23H2,(H,27,33)(H,31,32)(H,35,36)(H3,24,25,28,29,34)/t13-,14-/m0/s1. The maximum absolute atomic E-state index is 12.6. The van der Waals surface area contributed by atoms with E-state index in [4.69, 9.17) is 21.4 Å². The average Bonchev–Trinajstić information content (AvgIpc) is 2.90. The number of fused-ring (bicyclic) bond motifs is 1. The van der Waals surface area contributed by atoms with Gasteiger partial charge in [0.1, 0.15) is 18.6 Å². The highest BCUT2D eigenvalue weighted by molar-refractivity contribution is 7.80. The molecule has 1 amide bonds. The monoisotopic (exact) mass is 560 g/mol. The highest BCUT2D eigenvalue weighted by Gasteiger charge is 2.23. The summed E-state index contributed by atoms with van der Waals surface area (Å²) in [5.41, 5.74) is 11.1. The van der Waals surface area contributed by atoms with Crippen molar-refractivity contribution in [3.05, 3.63) is 52.1 Å². The fourth-order valence-electron chi connectivity index (χ4n) is 3.17. The van der Waals surface area contributed by atoms with Crippen LogP contribution in [-0.4, -0.2) is 71.8 Å². The van der Waals surface area contributed by atoms with Crippen molar-refractivity contribution in [2.24, 2.45) is 5.73 Å². The molecule has 0 saturated heterocycles. The van der Waals surface area contributed by atoms with Crippen LogP contribution in [0.25, 0.3) is 11.2 Å². The topological polar surface area (TPSA) is 257 Å². The van der Waals surface area contributed by atoms with Crippen molar-refractivity contribution < 1.29 is 34.2 Å². The van der Waals surface area contributed by atoms with Gasteiger partial charge in [0.05, 0.1) is 17.6 Å². The van der Waals surface area contributed by atoms with E-state index in [1.165, 1.54) is 30.5 Å². The van der Waals surface area contributed by atoms with Crippen LogP contribution in [0.5, 0.6) is 0 Å². The van der Waals surface area contributed by atoms with E-state index in [0.29, 0.717) is 0 Å². The van der Waals surface area contributed by atoms with Gasteiger partial charge in [0.15, 0.2) is 11.2 Å². The van der Waals surface area contributed by atoms with Crippen molar-refractivity contribution in [2.75, 3.05) is 16.5 Å². The lowest BCUT2D eigenvalue weighted by molar-refractivity contribution is -0.146. The van der Waals surface area contributed by atoms with Crippen LogP contribution in [-0.2, 0) is 25.8 Å². The molecular formula is C22H24N8O8S. The third kappa shape index (κ3) is 7.62. The molecule has 39 heavy (non-hydrogen) atoms. The van der Waals surface area contributed by atoms with E-state index in [2.05, 4.69) is 37.9 Å². The summed E-state index contributed by atoms with van der Waals surface area (Å²) in [5.74, 6) is -4.30. The number of carbonyl (C=O) groups is 4. The zero-order valence-corrected chi connectivity index (χ0v) is 21.0. The molecule has 16 nitrogen and oxygen atoms in total. The summed E-state index contributed by atoms with van der Waals surface area (Å²) < 4.78 is 0. The van der Waals surface area contributed by atoms with Crippen LogP contribution in [0.4, 0.5) is 11.6 Å². The summed E-state index contributed by atoms with van der Waals surface area (Å²) in [6.07, 6.45) is 0.553. The second-order valence-electron chi connectivity index (χ2n) is 8.06. The SMILES string of the molecule is Nc1nc2ncc(CN(OC(=O)[C@@H](N)CS)c3ccc(C(=O)N[C@@H](CCC(=O)O)C(=O)O)cc3)nc2c(=O)[nH]1. The summed E-state index contributed by atoms with van der Waals surface area (Å²) in [5, 5.41) is 21.4. The van der Waals surface area contributed by atoms with Crippen molar-refractivity contribution in [3.63, 3.8) is 0 Å². The summed E-state index contributed by atoms with van der Waals surface area (Å²) in [6.45, 7) is -0.195. The van der Waals surface area contributed by atoms with Crippen molar-refractivity contribution in [3.8, 4) is 0 Å². The van der Waals surface area contributed by atoms with E-state index < -0.39 is 47.9 Å². The smallest absolute Gasteiger partial charge is 0.349 e. The van der Waals surface area contributed by atoms with Crippen molar-refractivity contribution in [1.82, 2.24) is 25.3 Å². The van der Waals surface area contributed by atoms with Gasteiger partial charge in [-0.3, -0.25) is 19.4 Å². The molecule has 0 aliphatic heterocycles. The zero-order chi connectivity index (χ0) is 28.7. The maximum Gasteiger partial charge on any atom is 0.349 e. The minimum absolute atomic E-state index is 0.00332. The first-order chi connectivity index (χ1) is 18.5. The second-order valence-corrected chi connectivity index (χ2v) is 8.43. The van der Waals surface area contributed by atoms with Gasteiger partial charge in [0, 0.05) is 17.7 Å². The number of nitrogens with zero attached hydrogens (tertiary/aromatic N) is 4. The minimum atomic E-state index is -1.41. The quantitative estimate of drug-likeness (QED) is 0.104. The number of aromatic amines is 1. The van der Waals surface area contributed by atoms with Gasteiger partial charge in [-0.1, -0.05) is 0 Å². The number of hydroxylamine groups is 1. The number of carboxylic acids is 2. The number of nitrogens with two attached hydrogens (primary N) is 2. The molecule has 0 saturated carbocycles. The lowest BCUT2D eigenvalue weighted by atomic mass is 10.1. The van der Waals surface area contributed by atoms with Crippen LogP contribution < -0.4 is 27.4 Å². The number of carboxylic acid groups (broad SMARTS) is 2. The molecule has 3 rings (SSSR count). The van der Waals surface area contributed by atoms with Crippen LogP contribution in [0.15, 0.2) is 35.3 Å². The number of anilines is 2. The summed E-state index contributed by atoms with van der Waals surface area (Å²) in [6, 6.07) is 3.02. The maximum atomic E-state index is 12.6. The Morgan fingerprint density at radius 3 is 2.46 bits per heavy atom. The molecule has 206 valence electrons. The Hall–Kier alpha value is -4.77. The van der Waals surface area contributed by atoms with E-state index in [0.717, 1.165) is 5.06 Å². The lowest BCUT2D eigenvalue weighted by Crippen LogP contribution is -2.41. The fourth-order valence-corrected chi connectivity index (χ4v) is 3.32. The van der Waals surface area contributed by atoms with E-state index in [-0.39, 0.29) is 52.8 Å².